The lowest BCUT2D eigenvalue weighted by Gasteiger charge is -2.24. The first kappa shape index (κ1) is 33.0. The average molecular weight is 732 g/mol. The molecule has 0 radical (unpaired) electrons. The van der Waals surface area contributed by atoms with Crippen LogP contribution < -0.4 is 0 Å². The molecule has 270 valence electrons. The van der Waals surface area contributed by atoms with Crippen LogP contribution in [0, 0.1) is 5.92 Å². The topological polar surface area (TPSA) is 48.5 Å². The van der Waals surface area contributed by atoms with E-state index < -0.39 is 0 Å². The number of para-hydroxylation sites is 3. The fourth-order valence-electron chi connectivity index (χ4n) is 8.86. The zero-order valence-electron chi connectivity index (χ0n) is 31.4. The maximum Gasteiger partial charge on any atom is 0.164 e. The Labute approximate surface area is 330 Å². The summed E-state index contributed by atoms with van der Waals surface area (Å²) in [5.74, 6) is 2.32. The molecule has 3 aromatic heterocycles. The van der Waals surface area contributed by atoms with Gasteiger partial charge in [-0.15, -0.1) is 0 Å². The van der Waals surface area contributed by atoms with Crippen molar-refractivity contribution in [3.63, 3.8) is 0 Å². The lowest BCUT2D eigenvalue weighted by Crippen LogP contribution is -2.11. The van der Waals surface area contributed by atoms with E-state index in [4.69, 9.17) is 15.0 Å². The molecule has 3 heterocycles. The van der Waals surface area contributed by atoms with Crippen molar-refractivity contribution < 1.29 is 0 Å². The van der Waals surface area contributed by atoms with Crippen LogP contribution in [0.5, 0.6) is 0 Å². The van der Waals surface area contributed by atoms with E-state index in [0.717, 1.165) is 28.1 Å². The Morgan fingerprint density at radius 1 is 0.439 bits per heavy atom. The molecule has 5 nitrogen and oxygen atoms in total. The Bertz CT molecular complexity index is 3080. The van der Waals surface area contributed by atoms with Crippen molar-refractivity contribution in [2.24, 2.45) is 5.92 Å². The first-order valence-electron chi connectivity index (χ1n) is 19.6. The van der Waals surface area contributed by atoms with Gasteiger partial charge < -0.3 is 9.13 Å². The molecular formula is C52H37N5. The molecule has 0 saturated heterocycles. The van der Waals surface area contributed by atoms with E-state index in [2.05, 4.69) is 174 Å². The van der Waals surface area contributed by atoms with Gasteiger partial charge in [0.1, 0.15) is 0 Å². The third-order valence-corrected chi connectivity index (χ3v) is 11.5. The van der Waals surface area contributed by atoms with Crippen LogP contribution in [-0.2, 0) is 0 Å². The van der Waals surface area contributed by atoms with Gasteiger partial charge in [0, 0.05) is 55.5 Å². The number of nitrogens with zero attached hydrogens (tertiary/aromatic N) is 5. The summed E-state index contributed by atoms with van der Waals surface area (Å²) in [7, 11) is 0. The smallest absolute Gasteiger partial charge is 0.164 e. The van der Waals surface area contributed by atoms with E-state index in [1.807, 2.05) is 36.4 Å². The third-order valence-electron chi connectivity index (χ3n) is 11.5. The molecule has 5 heteroatoms. The summed E-state index contributed by atoms with van der Waals surface area (Å²) in [6.45, 7) is 2.31. The van der Waals surface area contributed by atoms with Crippen molar-refractivity contribution in [3.05, 3.63) is 206 Å². The highest BCUT2D eigenvalue weighted by atomic mass is 15.0. The second-order valence-corrected chi connectivity index (χ2v) is 14.9. The quantitative estimate of drug-likeness (QED) is 0.171. The van der Waals surface area contributed by atoms with Crippen molar-refractivity contribution >= 4 is 49.2 Å². The molecule has 11 rings (SSSR count). The molecular weight excluding hydrogens is 695 g/mol. The monoisotopic (exact) mass is 731 g/mol. The number of hydrogen-bond acceptors (Lipinski definition) is 3. The predicted molar refractivity (Wildman–Crippen MR) is 235 cm³/mol. The first-order valence-corrected chi connectivity index (χ1v) is 19.6. The molecule has 10 aromatic rings. The van der Waals surface area contributed by atoms with Crippen LogP contribution in [0.1, 0.15) is 24.2 Å². The van der Waals surface area contributed by atoms with Gasteiger partial charge in [0.05, 0.1) is 22.1 Å². The minimum atomic E-state index is 0.133. The van der Waals surface area contributed by atoms with Crippen molar-refractivity contribution in [2.45, 2.75) is 12.8 Å². The van der Waals surface area contributed by atoms with Gasteiger partial charge in [0.25, 0.3) is 0 Å². The zero-order valence-corrected chi connectivity index (χ0v) is 31.4. The maximum absolute atomic E-state index is 5.04. The summed E-state index contributed by atoms with van der Waals surface area (Å²) >= 11 is 0. The summed E-state index contributed by atoms with van der Waals surface area (Å²) in [5, 5.41) is 5.02. The molecule has 0 N–H and O–H groups in total. The van der Waals surface area contributed by atoms with Crippen LogP contribution >= 0.6 is 0 Å². The van der Waals surface area contributed by atoms with Crippen LogP contribution in [0.4, 0.5) is 0 Å². The Balaban J connectivity index is 1.07. The summed E-state index contributed by atoms with van der Waals surface area (Å²) < 4.78 is 4.84. The fraction of sp³-hybridized carbons (Fsp3) is 0.0577. The molecule has 0 bridgehead atoms. The Hall–Kier alpha value is -7.37. The van der Waals surface area contributed by atoms with Gasteiger partial charge in [0.15, 0.2) is 17.5 Å². The average Bonchev–Trinajstić information content (AvgIpc) is 3.80. The summed E-state index contributed by atoms with van der Waals surface area (Å²) in [6.07, 6.45) is 6.90. The second-order valence-electron chi connectivity index (χ2n) is 14.9. The zero-order chi connectivity index (χ0) is 37.9. The van der Waals surface area contributed by atoms with Crippen molar-refractivity contribution in [2.75, 3.05) is 0 Å². The molecule has 57 heavy (non-hydrogen) atoms. The predicted octanol–water partition coefficient (Wildman–Crippen LogP) is 12.8. The fourth-order valence-corrected chi connectivity index (χ4v) is 8.86. The summed E-state index contributed by atoms with van der Waals surface area (Å²) in [6, 6.07) is 62.3. The molecule has 2 unspecified atom stereocenters. The molecule has 7 aromatic carbocycles. The number of benzene rings is 7. The molecule has 0 amide bonds. The first-order chi connectivity index (χ1) is 28.2. The van der Waals surface area contributed by atoms with E-state index in [1.54, 1.807) is 0 Å². The number of rotatable bonds is 6. The van der Waals surface area contributed by atoms with Crippen LogP contribution in [0.25, 0.3) is 83.3 Å². The standard InChI is InChI=1S/C52H37N5/c1-34-32-37(52-54-50(35-16-5-2-6-17-35)53-51(55-52)36-18-7-3-8-19-36)28-30-40(34)43-24-15-27-48-49(43)44-33-39(29-31-47(44)56(48)38-20-9-4-10-21-38)57-45-25-13-11-22-41(45)42-23-12-14-26-46(42)57/h2-34,40H,1H3. The van der Waals surface area contributed by atoms with E-state index in [1.165, 1.54) is 49.2 Å². The molecule has 0 aliphatic heterocycles. The largest absolute Gasteiger partial charge is 0.309 e. The Morgan fingerprint density at radius 2 is 0.965 bits per heavy atom. The van der Waals surface area contributed by atoms with Crippen LogP contribution in [0.3, 0.4) is 0 Å². The Morgan fingerprint density at radius 3 is 1.60 bits per heavy atom. The SMILES string of the molecule is CC1C=C(c2nc(-c3ccccc3)nc(-c3ccccc3)n2)C=CC1c1cccc2c1c1cc(-n3c4ccccc4c4ccccc43)ccc1n2-c1ccccc1. The number of aromatic nitrogens is 5. The highest BCUT2D eigenvalue weighted by Crippen LogP contribution is 2.43. The highest BCUT2D eigenvalue weighted by Gasteiger charge is 2.26. The molecule has 2 atom stereocenters. The van der Waals surface area contributed by atoms with E-state index in [0.29, 0.717) is 17.5 Å². The minimum Gasteiger partial charge on any atom is -0.309 e. The molecule has 0 spiro atoms. The Kier molecular flexibility index (Phi) is 7.78. The summed E-state index contributed by atoms with van der Waals surface area (Å²) in [4.78, 5) is 15.0. The molecule has 1 aliphatic rings. The third kappa shape index (κ3) is 5.50. The van der Waals surface area contributed by atoms with Gasteiger partial charge in [-0.1, -0.05) is 153 Å². The van der Waals surface area contributed by atoms with E-state index in [9.17, 15) is 0 Å². The minimum absolute atomic E-state index is 0.133. The number of hydrogen-bond donors (Lipinski definition) is 0. The van der Waals surface area contributed by atoms with Gasteiger partial charge in [-0.05, 0) is 60.0 Å². The lowest BCUT2D eigenvalue weighted by atomic mass is 9.80. The van der Waals surface area contributed by atoms with Crippen molar-refractivity contribution in [3.8, 4) is 34.2 Å². The molecule has 1 aliphatic carbocycles. The molecule has 0 saturated carbocycles. The van der Waals surface area contributed by atoms with Crippen LogP contribution in [0.2, 0.25) is 0 Å². The van der Waals surface area contributed by atoms with Gasteiger partial charge in [-0.25, -0.2) is 15.0 Å². The van der Waals surface area contributed by atoms with E-state index >= 15 is 0 Å². The van der Waals surface area contributed by atoms with Crippen LogP contribution in [-0.4, -0.2) is 24.1 Å². The molecule has 0 fully saturated rings. The van der Waals surface area contributed by atoms with Gasteiger partial charge in [0.2, 0.25) is 0 Å². The maximum atomic E-state index is 5.04. The van der Waals surface area contributed by atoms with Gasteiger partial charge in [-0.2, -0.15) is 0 Å². The summed E-state index contributed by atoms with van der Waals surface area (Å²) in [5.41, 5.74) is 11.3. The van der Waals surface area contributed by atoms with Crippen LogP contribution in [0.15, 0.2) is 194 Å². The van der Waals surface area contributed by atoms with Gasteiger partial charge in [-0.3, -0.25) is 0 Å². The van der Waals surface area contributed by atoms with Crippen molar-refractivity contribution in [1.82, 2.24) is 24.1 Å². The number of allylic oxidation sites excluding steroid dienone is 4. The second kappa shape index (κ2) is 13.4. The number of fused-ring (bicyclic) bond motifs is 6. The van der Waals surface area contributed by atoms with Gasteiger partial charge >= 0.3 is 0 Å². The van der Waals surface area contributed by atoms with Crippen molar-refractivity contribution in [1.29, 1.82) is 0 Å². The normalized spacial score (nSPS) is 15.5. The highest BCUT2D eigenvalue weighted by molar-refractivity contribution is 6.13. The van der Waals surface area contributed by atoms with E-state index in [-0.39, 0.29) is 11.8 Å². The lowest BCUT2D eigenvalue weighted by molar-refractivity contribution is 0.641.